The van der Waals surface area contributed by atoms with Gasteiger partial charge in [0.25, 0.3) is 5.91 Å². The Morgan fingerprint density at radius 2 is 2.00 bits per heavy atom. The maximum Gasteiger partial charge on any atom is 0.259 e. The van der Waals surface area contributed by atoms with Crippen LogP contribution >= 0.6 is 0 Å². The molecule has 2 amide bonds. The fourth-order valence-electron chi connectivity index (χ4n) is 4.29. The number of hydrogen-bond acceptors (Lipinski definition) is 5. The second-order valence-corrected chi connectivity index (χ2v) is 8.88. The molecule has 0 aromatic heterocycles. The van der Waals surface area contributed by atoms with Gasteiger partial charge in [0.15, 0.2) is 0 Å². The number of ether oxygens (including phenoxy) is 1. The van der Waals surface area contributed by atoms with Gasteiger partial charge in [-0.25, -0.2) is 0 Å². The number of hydrogen-bond donors (Lipinski definition) is 3. The van der Waals surface area contributed by atoms with Crippen molar-refractivity contribution in [1.29, 1.82) is 10.8 Å². The zero-order valence-corrected chi connectivity index (χ0v) is 20.9. The highest BCUT2D eigenvalue weighted by atomic mass is 16.5. The smallest absolute Gasteiger partial charge is 0.259 e. The normalized spacial score (nSPS) is 15.9. The summed E-state index contributed by atoms with van der Waals surface area (Å²) in [7, 11) is 1.54. The van der Waals surface area contributed by atoms with Crippen molar-refractivity contribution < 1.29 is 14.3 Å². The number of benzene rings is 1. The van der Waals surface area contributed by atoms with Crippen LogP contribution in [0.3, 0.4) is 0 Å². The molecule has 0 atom stereocenters. The molecule has 0 aliphatic carbocycles. The lowest BCUT2D eigenvalue weighted by molar-refractivity contribution is -0.132. The van der Waals surface area contributed by atoms with Crippen LogP contribution in [0.1, 0.15) is 61.0 Å². The Hall–Kier alpha value is -3.68. The molecule has 186 valence electrons. The lowest BCUT2D eigenvalue weighted by Crippen LogP contribution is -2.36. The number of fused-ring (bicyclic) bond motifs is 1. The fourth-order valence-corrected chi connectivity index (χ4v) is 4.29. The fraction of sp³-hybridized carbons (Fsp3) is 0.407. The molecule has 2 aliphatic rings. The third-order valence-electron chi connectivity index (χ3n) is 6.28. The Morgan fingerprint density at radius 1 is 1.23 bits per heavy atom. The van der Waals surface area contributed by atoms with Crippen molar-refractivity contribution in [1.82, 2.24) is 15.1 Å². The predicted octanol–water partition coefficient (Wildman–Crippen LogP) is 4.18. The first-order valence-electron chi connectivity index (χ1n) is 12.0. The Kier molecular flexibility index (Phi) is 8.63. The molecule has 0 spiro atoms. The number of nitrogens with zero attached hydrogens (tertiary/aromatic N) is 2. The van der Waals surface area contributed by atoms with Crippen LogP contribution in [0.25, 0.3) is 0 Å². The number of carbonyl (C=O) groups excluding carboxylic acids is 2. The molecule has 1 saturated heterocycles. The number of methoxy groups -OCH3 is 1. The van der Waals surface area contributed by atoms with Crippen molar-refractivity contribution in [2.24, 2.45) is 0 Å². The summed E-state index contributed by atoms with van der Waals surface area (Å²) in [6.45, 7) is 9.59. The van der Waals surface area contributed by atoms with E-state index in [2.05, 4.69) is 11.9 Å². The van der Waals surface area contributed by atoms with Gasteiger partial charge < -0.3 is 19.9 Å². The quantitative estimate of drug-likeness (QED) is 0.296. The molecule has 8 heteroatoms. The van der Waals surface area contributed by atoms with Crippen LogP contribution in [-0.2, 0) is 17.8 Å². The first kappa shape index (κ1) is 25.9. The minimum Gasteiger partial charge on any atom is -0.496 e. The van der Waals surface area contributed by atoms with Crippen LogP contribution in [0, 0.1) is 10.8 Å². The Balaban J connectivity index is 1.67. The van der Waals surface area contributed by atoms with Crippen molar-refractivity contribution in [3.05, 3.63) is 64.9 Å². The zero-order chi connectivity index (χ0) is 25.5. The standard InChI is InChI=1S/C27H35N5O3/c1-5-8-25(33)31-14-12-20-16-23(35-4)22(15-21(20)17-31)27(34)30-19(3)10-6-9-18(2)26(29)32-13-7-11-24(32)28/h6,9-10,15-16,28-29H,3,5,7-8,11-14,17H2,1-2,4H3,(H,30,34)/b10-6-,18-9+,28-24?,29-26?. The van der Waals surface area contributed by atoms with Gasteiger partial charge >= 0.3 is 0 Å². The molecule has 1 aromatic carbocycles. The van der Waals surface area contributed by atoms with E-state index in [4.69, 9.17) is 15.6 Å². The number of amidine groups is 2. The molecule has 2 heterocycles. The second kappa shape index (κ2) is 11.6. The molecular formula is C27H35N5O3. The van der Waals surface area contributed by atoms with E-state index in [0.717, 1.165) is 36.0 Å². The lowest BCUT2D eigenvalue weighted by Gasteiger charge is -2.29. The number of allylic oxidation sites excluding steroid dienone is 3. The number of carbonyl (C=O) groups is 2. The van der Waals surface area contributed by atoms with Crippen molar-refractivity contribution >= 4 is 23.5 Å². The van der Waals surface area contributed by atoms with E-state index in [9.17, 15) is 9.59 Å². The summed E-state index contributed by atoms with van der Waals surface area (Å²) in [5, 5.41) is 19.0. The molecule has 3 N–H and O–H groups in total. The van der Waals surface area contributed by atoms with Gasteiger partial charge in [-0.1, -0.05) is 25.7 Å². The average molecular weight is 478 g/mol. The van der Waals surface area contributed by atoms with Crippen LogP contribution in [-0.4, -0.2) is 53.5 Å². The zero-order valence-electron chi connectivity index (χ0n) is 20.9. The van der Waals surface area contributed by atoms with E-state index in [1.165, 1.54) is 7.11 Å². The molecule has 0 bridgehead atoms. The third-order valence-corrected chi connectivity index (χ3v) is 6.28. The number of rotatable bonds is 8. The van der Waals surface area contributed by atoms with Gasteiger partial charge in [-0.05, 0) is 61.1 Å². The monoisotopic (exact) mass is 477 g/mol. The van der Waals surface area contributed by atoms with E-state index in [-0.39, 0.29) is 11.8 Å². The van der Waals surface area contributed by atoms with Gasteiger partial charge in [-0.2, -0.15) is 0 Å². The maximum absolute atomic E-state index is 13.0. The minimum atomic E-state index is -0.338. The van der Waals surface area contributed by atoms with E-state index >= 15 is 0 Å². The summed E-state index contributed by atoms with van der Waals surface area (Å²) >= 11 is 0. The molecule has 8 nitrogen and oxygen atoms in total. The largest absolute Gasteiger partial charge is 0.496 e. The Bertz CT molecular complexity index is 1100. The molecule has 1 fully saturated rings. The molecule has 3 rings (SSSR count). The topological polar surface area (TPSA) is 110 Å². The molecule has 0 saturated carbocycles. The van der Waals surface area contributed by atoms with Gasteiger partial charge in [0.1, 0.15) is 17.4 Å². The van der Waals surface area contributed by atoms with Gasteiger partial charge in [0.05, 0.1) is 12.7 Å². The van der Waals surface area contributed by atoms with E-state index < -0.39 is 0 Å². The minimum absolute atomic E-state index is 0.136. The van der Waals surface area contributed by atoms with Crippen molar-refractivity contribution in [3.8, 4) is 5.75 Å². The highest BCUT2D eigenvalue weighted by Gasteiger charge is 2.24. The van der Waals surface area contributed by atoms with Crippen LogP contribution in [0.5, 0.6) is 5.75 Å². The van der Waals surface area contributed by atoms with Gasteiger partial charge in [0, 0.05) is 38.2 Å². The van der Waals surface area contributed by atoms with Crippen LogP contribution < -0.4 is 10.1 Å². The Labute approximate surface area is 207 Å². The summed E-state index contributed by atoms with van der Waals surface area (Å²) in [5.41, 5.74) is 3.57. The van der Waals surface area contributed by atoms with E-state index in [1.54, 1.807) is 23.1 Å². The van der Waals surface area contributed by atoms with Crippen molar-refractivity contribution in [2.45, 2.75) is 52.5 Å². The van der Waals surface area contributed by atoms with Gasteiger partial charge in [0.2, 0.25) is 5.91 Å². The third kappa shape index (κ3) is 6.26. The van der Waals surface area contributed by atoms with Crippen LogP contribution in [0.4, 0.5) is 0 Å². The van der Waals surface area contributed by atoms with Crippen LogP contribution in [0.15, 0.2) is 48.2 Å². The number of amides is 2. The molecule has 1 aromatic rings. The summed E-state index contributed by atoms with van der Waals surface area (Å²) in [6, 6.07) is 3.69. The molecule has 35 heavy (non-hydrogen) atoms. The number of likely N-dealkylation sites (tertiary alicyclic amines) is 1. The summed E-state index contributed by atoms with van der Waals surface area (Å²) in [6.07, 6.45) is 8.83. The van der Waals surface area contributed by atoms with Gasteiger partial charge in [-0.3, -0.25) is 20.4 Å². The molecule has 0 unspecified atom stereocenters. The first-order chi connectivity index (χ1) is 16.7. The lowest BCUT2D eigenvalue weighted by atomic mass is 9.96. The molecule has 2 aliphatic heterocycles. The van der Waals surface area contributed by atoms with Crippen molar-refractivity contribution in [2.75, 3.05) is 20.2 Å². The highest BCUT2D eigenvalue weighted by Crippen LogP contribution is 2.28. The molecular weight excluding hydrogens is 442 g/mol. The van der Waals surface area contributed by atoms with E-state index in [0.29, 0.717) is 61.2 Å². The van der Waals surface area contributed by atoms with Crippen LogP contribution in [0.2, 0.25) is 0 Å². The second-order valence-electron chi connectivity index (χ2n) is 8.88. The van der Waals surface area contributed by atoms with Gasteiger partial charge in [-0.15, -0.1) is 0 Å². The Morgan fingerprint density at radius 3 is 2.66 bits per heavy atom. The molecule has 0 radical (unpaired) electrons. The van der Waals surface area contributed by atoms with Crippen molar-refractivity contribution in [3.63, 3.8) is 0 Å². The summed E-state index contributed by atoms with van der Waals surface area (Å²) in [4.78, 5) is 28.9. The SMILES string of the molecule is C=C(/C=C\C=C(/C)C(=N)N1CCCC1=N)NC(=O)c1cc2c(cc1OC)CCN(C(=O)CCC)C2. The first-order valence-corrected chi connectivity index (χ1v) is 12.0. The van der Waals surface area contributed by atoms with E-state index in [1.807, 2.05) is 30.9 Å². The maximum atomic E-state index is 13.0. The highest BCUT2D eigenvalue weighted by molar-refractivity contribution is 6.07. The average Bonchev–Trinajstić information content (AvgIpc) is 3.27. The summed E-state index contributed by atoms with van der Waals surface area (Å²) < 4.78 is 5.48. The number of nitrogens with one attached hydrogen (secondary N) is 3. The predicted molar refractivity (Wildman–Crippen MR) is 138 cm³/mol. The summed E-state index contributed by atoms with van der Waals surface area (Å²) in [5.74, 6) is 1.08.